The zero-order valence-corrected chi connectivity index (χ0v) is 15.8. The molecule has 0 spiro atoms. The van der Waals surface area contributed by atoms with E-state index in [4.69, 9.17) is 18.9 Å². The first-order chi connectivity index (χ1) is 12.0. The van der Waals surface area contributed by atoms with Gasteiger partial charge in [-0.2, -0.15) is 0 Å². The van der Waals surface area contributed by atoms with Crippen LogP contribution in [0.25, 0.3) is 0 Å². The van der Waals surface area contributed by atoms with E-state index in [9.17, 15) is 5.11 Å². The molecule has 0 saturated carbocycles. The van der Waals surface area contributed by atoms with Gasteiger partial charge >= 0.3 is 0 Å². The maximum Gasteiger partial charge on any atom is 0.161 e. The largest absolute Gasteiger partial charge is 0.495 e. The van der Waals surface area contributed by atoms with Gasteiger partial charge in [-0.25, -0.2) is 0 Å². The summed E-state index contributed by atoms with van der Waals surface area (Å²) in [5.41, 5.74) is 2.04. The lowest BCUT2D eigenvalue weighted by Crippen LogP contribution is -2.43. The molecule has 2 aromatic rings. The molecule has 2 unspecified atom stereocenters. The highest BCUT2D eigenvalue weighted by molar-refractivity contribution is 9.10. The van der Waals surface area contributed by atoms with Crippen molar-refractivity contribution in [2.45, 2.75) is 17.9 Å². The second kappa shape index (κ2) is 5.81. The zero-order chi connectivity index (χ0) is 17.8. The van der Waals surface area contributed by atoms with Crippen LogP contribution in [0.4, 0.5) is 0 Å². The fraction of sp³-hybridized carbons (Fsp3) is 0.368. The highest BCUT2D eigenvalue weighted by Gasteiger charge is 2.50. The van der Waals surface area contributed by atoms with Gasteiger partial charge in [0.25, 0.3) is 0 Å². The number of fused-ring (bicyclic) bond motifs is 5. The van der Waals surface area contributed by atoms with Gasteiger partial charge in [0.05, 0.1) is 25.8 Å². The first-order valence-electron chi connectivity index (χ1n) is 7.98. The fourth-order valence-corrected chi connectivity index (χ4v) is 4.45. The third-order valence-corrected chi connectivity index (χ3v) is 5.68. The Morgan fingerprint density at radius 2 is 1.68 bits per heavy atom. The Kier molecular flexibility index (Phi) is 3.85. The minimum Gasteiger partial charge on any atom is -0.495 e. The van der Waals surface area contributed by atoms with Crippen LogP contribution in [0.5, 0.6) is 23.0 Å². The molecule has 132 valence electrons. The minimum absolute atomic E-state index is 0.187. The van der Waals surface area contributed by atoms with Crippen LogP contribution < -0.4 is 18.9 Å². The van der Waals surface area contributed by atoms with E-state index in [2.05, 4.69) is 15.9 Å². The molecule has 25 heavy (non-hydrogen) atoms. The summed E-state index contributed by atoms with van der Waals surface area (Å²) in [7, 11) is 4.85. The summed E-state index contributed by atoms with van der Waals surface area (Å²) in [6.07, 6.45) is 0.510. The number of hydrogen-bond donors (Lipinski definition) is 1. The second-order valence-electron chi connectivity index (χ2n) is 6.43. The fourth-order valence-electron chi connectivity index (χ4n) is 3.93. The van der Waals surface area contributed by atoms with Crippen molar-refractivity contribution in [1.29, 1.82) is 0 Å². The zero-order valence-electron chi connectivity index (χ0n) is 14.3. The summed E-state index contributed by atoms with van der Waals surface area (Å²) in [4.78, 5) is 0. The van der Waals surface area contributed by atoms with Gasteiger partial charge in [-0.1, -0.05) is 0 Å². The summed E-state index contributed by atoms with van der Waals surface area (Å²) in [5, 5.41) is 11.3. The molecule has 1 N–H and O–H groups in total. The van der Waals surface area contributed by atoms with Crippen molar-refractivity contribution in [2.24, 2.45) is 0 Å². The third kappa shape index (κ3) is 2.39. The van der Waals surface area contributed by atoms with E-state index < -0.39 is 5.60 Å². The molecule has 6 heteroatoms. The van der Waals surface area contributed by atoms with E-state index in [1.165, 1.54) is 0 Å². The van der Waals surface area contributed by atoms with Crippen molar-refractivity contribution in [3.63, 3.8) is 0 Å². The van der Waals surface area contributed by atoms with E-state index in [1.54, 1.807) is 21.3 Å². The normalized spacial score (nSPS) is 23.2. The number of benzene rings is 2. The Bertz CT molecular complexity index is 850. The lowest BCUT2D eigenvalue weighted by Gasteiger charge is -2.36. The molecule has 5 nitrogen and oxygen atoms in total. The molecule has 0 saturated heterocycles. The minimum atomic E-state index is -0.985. The van der Waals surface area contributed by atoms with E-state index in [-0.39, 0.29) is 12.5 Å². The highest BCUT2D eigenvalue weighted by atomic mass is 79.9. The summed E-state index contributed by atoms with van der Waals surface area (Å²) >= 11 is 3.53. The lowest BCUT2D eigenvalue weighted by molar-refractivity contribution is -0.0219. The van der Waals surface area contributed by atoms with E-state index in [0.29, 0.717) is 23.7 Å². The topological polar surface area (TPSA) is 57.2 Å². The standard InChI is InChI=1S/C19H19BrO5/c1-22-15-7-14-12(5-13(15)20)18-11-6-17(24-3)16(23-2)4-10(11)8-19(18,21)9-25-14/h4-7,18,21H,8-9H2,1-3H3. The van der Waals surface area contributed by atoms with Crippen LogP contribution in [0.2, 0.25) is 0 Å². The summed E-state index contributed by atoms with van der Waals surface area (Å²) in [6.45, 7) is 0.231. The Morgan fingerprint density at radius 3 is 2.36 bits per heavy atom. The first-order valence-corrected chi connectivity index (χ1v) is 8.77. The molecular formula is C19H19BrO5. The molecule has 0 fully saturated rings. The van der Waals surface area contributed by atoms with Gasteiger partial charge in [0, 0.05) is 24.0 Å². The van der Waals surface area contributed by atoms with E-state index in [0.717, 1.165) is 26.9 Å². The number of halogens is 1. The molecule has 2 atom stereocenters. The SMILES string of the molecule is COc1cc2c(cc1Br)C1c3cc(OC)c(OC)cc3CC1(O)CO2. The molecule has 0 aromatic heterocycles. The maximum atomic E-state index is 11.3. The average Bonchev–Trinajstić information content (AvgIpc) is 2.91. The van der Waals surface area contributed by atoms with Gasteiger partial charge in [0.1, 0.15) is 23.7 Å². The smallest absolute Gasteiger partial charge is 0.161 e. The van der Waals surface area contributed by atoms with Crippen molar-refractivity contribution in [1.82, 2.24) is 0 Å². The molecule has 0 radical (unpaired) electrons. The van der Waals surface area contributed by atoms with E-state index in [1.807, 2.05) is 24.3 Å². The summed E-state index contributed by atoms with van der Waals surface area (Å²) in [6, 6.07) is 7.74. The Balaban J connectivity index is 1.91. The number of rotatable bonds is 3. The quantitative estimate of drug-likeness (QED) is 0.847. The van der Waals surface area contributed by atoms with Crippen LogP contribution in [-0.2, 0) is 6.42 Å². The van der Waals surface area contributed by atoms with Crippen molar-refractivity contribution in [2.75, 3.05) is 27.9 Å². The maximum absolute atomic E-state index is 11.3. The molecule has 0 amide bonds. The third-order valence-electron chi connectivity index (χ3n) is 5.06. The van der Waals surface area contributed by atoms with Crippen LogP contribution in [0.3, 0.4) is 0 Å². The number of aliphatic hydroxyl groups is 1. The summed E-state index contributed by atoms with van der Waals surface area (Å²) < 4.78 is 22.9. The van der Waals surface area contributed by atoms with Crippen molar-refractivity contribution < 1.29 is 24.1 Å². The van der Waals surface area contributed by atoms with Crippen LogP contribution in [0, 0.1) is 0 Å². The summed E-state index contributed by atoms with van der Waals surface area (Å²) in [5.74, 6) is 2.58. The van der Waals surface area contributed by atoms with Gasteiger partial charge in [-0.05, 0) is 45.3 Å². The number of hydrogen-bond acceptors (Lipinski definition) is 5. The molecule has 1 aliphatic carbocycles. The second-order valence-corrected chi connectivity index (χ2v) is 7.29. The van der Waals surface area contributed by atoms with Gasteiger partial charge in [0.15, 0.2) is 11.5 Å². The molecular weight excluding hydrogens is 388 g/mol. The Morgan fingerprint density at radius 1 is 1.00 bits per heavy atom. The molecule has 2 aliphatic rings. The Labute approximate surface area is 154 Å². The number of methoxy groups -OCH3 is 3. The van der Waals surface area contributed by atoms with Crippen molar-refractivity contribution in [3.8, 4) is 23.0 Å². The van der Waals surface area contributed by atoms with Gasteiger partial charge in [-0.15, -0.1) is 0 Å². The molecule has 2 aromatic carbocycles. The first kappa shape index (κ1) is 16.5. The van der Waals surface area contributed by atoms with Gasteiger partial charge in [0.2, 0.25) is 0 Å². The predicted octanol–water partition coefficient (Wildman–Crippen LogP) is 3.29. The van der Waals surface area contributed by atoms with Crippen LogP contribution >= 0.6 is 15.9 Å². The van der Waals surface area contributed by atoms with Crippen LogP contribution in [0.1, 0.15) is 22.6 Å². The molecule has 4 rings (SSSR count). The van der Waals surface area contributed by atoms with Crippen molar-refractivity contribution >= 4 is 15.9 Å². The highest BCUT2D eigenvalue weighted by Crippen LogP contribution is 2.54. The lowest BCUT2D eigenvalue weighted by atomic mass is 9.80. The molecule has 0 bridgehead atoms. The predicted molar refractivity (Wildman–Crippen MR) is 96.2 cm³/mol. The van der Waals surface area contributed by atoms with Crippen LogP contribution in [-0.4, -0.2) is 38.6 Å². The van der Waals surface area contributed by atoms with Crippen molar-refractivity contribution in [3.05, 3.63) is 45.4 Å². The Hall–Kier alpha value is -1.92. The van der Waals surface area contributed by atoms with Gasteiger partial charge in [-0.3, -0.25) is 0 Å². The number of ether oxygens (including phenoxy) is 4. The molecule has 1 aliphatic heterocycles. The monoisotopic (exact) mass is 406 g/mol. The van der Waals surface area contributed by atoms with Crippen LogP contribution in [0.15, 0.2) is 28.7 Å². The van der Waals surface area contributed by atoms with Gasteiger partial charge < -0.3 is 24.1 Å². The average molecular weight is 407 g/mol. The van der Waals surface area contributed by atoms with E-state index >= 15 is 0 Å². The molecule has 1 heterocycles.